The number of ether oxygens (including phenoxy) is 1. The topological polar surface area (TPSA) is 98.5 Å². The van der Waals surface area contributed by atoms with Gasteiger partial charge >= 0.3 is 5.97 Å². The first-order chi connectivity index (χ1) is 8.93. The number of anilines is 1. The molecule has 0 saturated carbocycles. The number of carbonyl (C=O) groups is 2. The van der Waals surface area contributed by atoms with Gasteiger partial charge in [-0.3, -0.25) is 14.9 Å². The molecule has 1 aromatic rings. The van der Waals surface area contributed by atoms with Crippen molar-refractivity contribution < 1.29 is 19.2 Å². The van der Waals surface area contributed by atoms with Crippen molar-refractivity contribution in [2.45, 2.75) is 13.8 Å². The summed E-state index contributed by atoms with van der Waals surface area (Å²) < 4.78 is 5.19. The zero-order valence-corrected chi connectivity index (χ0v) is 11.8. The Hall–Kier alpha value is -1.96. The normalized spacial score (nSPS) is 9.84. The monoisotopic (exact) mass is 330 g/mol. The standard InChI is InChI=1S/C11H11BrN2O5/c1-3-19-11(16)7-4-8(12)6(2)10(14(17)18)9(7)13-5-15/h4-5H,3H2,1-2H3,(H,13,15). The highest BCUT2D eigenvalue weighted by atomic mass is 79.9. The van der Waals surface area contributed by atoms with Crippen LogP contribution in [-0.4, -0.2) is 23.9 Å². The van der Waals surface area contributed by atoms with Crippen LogP contribution in [0.15, 0.2) is 10.5 Å². The first-order valence-corrected chi connectivity index (χ1v) is 6.08. The minimum absolute atomic E-state index is 0.0712. The number of amides is 1. The molecule has 0 atom stereocenters. The van der Waals surface area contributed by atoms with E-state index in [0.717, 1.165) is 0 Å². The van der Waals surface area contributed by atoms with E-state index < -0.39 is 10.9 Å². The number of hydrogen-bond donors (Lipinski definition) is 1. The van der Waals surface area contributed by atoms with Crippen molar-refractivity contribution in [1.29, 1.82) is 0 Å². The van der Waals surface area contributed by atoms with Crippen LogP contribution in [-0.2, 0) is 9.53 Å². The number of carbonyl (C=O) groups excluding carboxylic acids is 2. The van der Waals surface area contributed by atoms with Gasteiger partial charge in [0.2, 0.25) is 6.41 Å². The Morgan fingerprint density at radius 3 is 2.74 bits per heavy atom. The molecule has 0 aliphatic rings. The molecule has 0 unspecified atom stereocenters. The van der Waals surface area contributed by atoms with Gasteiger partial charge in [-0.1, -0.05) is 15.9 Å². The highest BCUT2D eigenvalue weighted by Crippen LogP contribution is 2.37. The first kappa shape index (κ1) is 15.1. The zero-order valence-electron chi connectivity index (χ0n) is 10.2. The number of hydrogen-bond acceptors (Lipinski definition) is 5. The maximum atomic E-state index is 11.8. The smallest absolute Gasteiger partial charge is 0.340 e. The van der Waals surface area contributed by atoms with E-state index in [1.165, 1.54) is 13.0 Å². The average Bonchev–Trinajstić information content (AvgIpc) is 2.33. The van der Waals surface area contributed by atoms with Crippen LogP contribution in [0, 0.1) is 17.0 Å². The number of nitrogens with one attached hydrogen (secondary N) is 1. The Morgan fingerprint density at radius 2 is 2.26 bits per heavy atom. The minimum Gasteiger partial charge on any atom is -0.462 e. The molecule has 0 saturated heterocycles. The summed E-state index contributed by atoms with van der Waals surface area (Å²) in [6.07, 6.45) is 0.276. The molecule has 1 N–H and O–H groups in total. The quantitative estimate of drug-likeness (QED) is 0.387. The number of benzene rings is 1. The third kappa shape index (κ3) is 3.08. The highest BCUT2D eigenvalue weighted by Gasteiger charge is 2.27. The molecule has 0 heterocycles. The van der Waals surface area contributed by atoms with Gasteiger partial charge in [0.1, 0.15) is 5.69 Å². The van der Waals surface area contributed by atoms with Crippen LogP contribution in [0.3, 0.4) is 0 Å². The Bertz CT molecular complexity index is 544. The van der Waals surface area contributed by atoms with Crippen molar-refractivity contribution in [2.75, 3.05) is 11.9 Å². The summed E-state index contributed by atoms with van der Waals surface area (Å²) in [6.45, 7) is 3.24. The predicted molar refractivity (Wildman–Crippen MR) is 71.2 cm³/mol. The third-order valence-corrected chi connectivity index (χ3v) is 3.20. The van der Waals surface area contributed by atoms with Crippen LogP contribution >= 0.6 is 15.9 Å². The predicted octanol–water partition coefficient (Wildman–Crippen LogP) is 2.41. The molecule has 102 valence electrons. The van der Waals surface area contributed by atoms with E-state index in [0.29, 0.717) is 10.0 Å². The van der Waals surface area contributed by atoms with E-state index in [1.54, 1.807) is 6.92 Å². The molecule has 7 nitrogen and oxygen atoms in total. The lowest BCUT2D eigenvalue weighted by Crippen LogP contribution is -2.12. The Morgan fingerprint density at radius 1 is 1.63 bits per heavy atom. The fourth-order valence-corrected chi connectivity index (χ4v) is 1.96. The molecule has 1 rings (SSSR count). The number of esters is 1. The minimum atomic E-state index is -0.740. The maximum absolute atomic E-state index is 11.8. The average molecular weight is 331 g/mol. The lowest BCUT2D eigenvalue weighted by atomic mass is 10.1. The Kier molecular flexibility index (Phi) is 4.99. The van der Waals surface area contributed by atoms with E-state index in [4.69, 9.17) is 4.74 Å². The van der Waals surface area contributed by atoms with Crippen molar-refractivity contribution in [3.05, 3.63) is 31.8 Å². The molecule has 1 amide bonds. The molecule has 0 bridgehead atoms. The molecule has 0 aliphatic heterocycles. The third-order valence-electron chi connectivity index (χ3n) is 2.37. The van der Waals surface area contributed by atoms with Crippen LogP contribution in [0.2, 0.25) is 0 Å². The van der Waals surface area contributed by atoms with Gasteiger partial charge in [0.05, 0.1) is 17.1 Å². The van der Waals surface area contributed by atoms with Crippen LogP contribution in [0.1, 0.15) is 22.8 Å². The molecule has 0 fully saturated rings. The Labute approximate surface area is 117 Å². The van der Waals surface area contributed by atoms with Crippen molar-refractivity contribution >= 4 is 39.7 Å². The van der Waals surface area contributed by atoms with E-state index in [1.807, 2.05) is 0 Å². The van der Waals surface area contributed by atoms with Crippen molar-refractivity contribution in [3.63, 3.8) is 0 Å². The van der Waals surface area contributed by atoms with E-state index in [9.17, 15) is 19.7 Å². The molecule has 0 spiro atoms. The number of nitrogens with zero attached hydrogens (tertiary/aromatic N) is 1. The van der Waals surface area contributed by atoms with Gasteiger partial charge in [-0.2, -0.15) is 0 Å². The molecular weight excluding hydrogens is 320 g/mol. The van der Waals surface area contributed by atoms with Gasteiger partial charge < -0.3 is 10.1 Å². The van der Waals surface area contributed by atoms with Gasteiger partial charge in [0.15, 0.2) is 0 Å². The van der Waals surface area contributed by atoms with E-state index in [-0.39, 0.29) is 30.0 Å². The second-order valence-corrected chi connectivity index (χ2v) is 4.35. The van der Waals surface area contributed by atoms with Crippen LogP contribution in [0.4, 0.5) is 11.4 Å². The summed E-state index contributed by atoms with van der Waals surface area (Å²) in [6, 6.07) is 1.38. The summed E-state index contributed by atoms with van der Waals surface area (Å²) in [7, 11) is 0. The van der Waals surface area contributed by atoms with Gasteiger partial charge in [0.25, 0.3) is 5.69 Å². The summed E-state index contributed by atoms with van der Waals surface area (Å²) >= 11 is 3.14. The van der Waals surface area contributed by atoms with Gasteiger partial charge in [-0.25, -0.2) is 4.79 Å². The van der Waals surface area contributed by atoms with Crippen LogP contribution in [0.5, 0.6) is 0 Å². The highest BCUT2D eigenvalue weighted by molar-refractivity contribution is 9.10. The summed E-state index contributed by atoms with van der Waals surface area (Å²) in [5.41, 5.74) is -0.274. The van der Waals surface area contributed by atoms with E-state index in [2.05, 4.69) is 21.2 Å². The summed E-state index contributed by atoms with van der Waals surface area (Å²) in [5.74, 6) is -0.740. The van der Waals surface area contributed by atoms with Crippen molar-refractivity contribution in [1.82, 2.24) is 0 Å². The molecule has 8 heteroatoms. The number of nitro groups is 1. The van der Waals surface area contributed by atoms with Gasteiger partial charge in [-0.15, -0.1) is 0 Å². The van der Waals surface area contributed by atoms with Crippen molar-refractivity contribution in [2.24, 2.45) is 0 Å². The van der Waals surface area contributed by atoms with Crippen molar-refractivity contribution in [3.8, 4) is 0 Å². The molecule has 19 heavy (non-hydrogen) atoms. The number of halogens is 1. The molecule has 1 aromatic carbocycles. The van der Waals surface area contributed by atoms with Gasteiger partial charge in [-0.05, 0) is 19.9 Å². The SMILES string of the molecule is CCOC(=O)c1cc(Br)c(C)c([N+](=O)[O-])c1NC=O. The second-order valence-electron chi connectivity index (χ2n) is 3.49. The fraction of sp³-hybridized carbons (Fsp3) is 0.273. The summed E-state index contributed by atoms with van der Waals surface area (Å²) in [4.78, 5) is 32.8. The van der Waals surface area contributed by atoms with Gasteiger partial charge in [0, 0.05) is 10.0 Å². The molecule has 0 radical (unpaired) electrons. The Balaban J connectivity index is 3.57. The second kappa shape index (κ2) is 6.28. The molecule has 0 aromatic heterocycles. The largest absolute Gasteiger partial charge is 0.462 e. The van der Waals surface area contributed by atoms with E-state index >= 15 is 0 Å². The van der Waals surface area contributed by atoms with Crippen LogP contribution in [0.25, 0.3) is 0 Å². The number of rotatable bonds is 5. The molecule has 0 aliphatic carbocycles. The summed E-state index contributed by atoms with van der Waals surface area (Å²) in [5, 5.41) is 13.3. The lowest BCUT2D eigenvalue weighted by Gasteiger charge is -2.11. The van der Waals surface area contributed by atoms with Crippen LogP contribution < -0.4 is 5.32 Å². The number of nitro benzene ring substituents is 1. The fourth-order valence-electron chi connectivity index (χ4n) is 1.54. The lowest BCUT2D eigenvalue weighted by molar-refractivity contribution is -0.384. The first-order valence-electron chi connectivity index (χ1n) is 5.28. The maximum Gasteiger partial charge on any atom is 0.340 e. The molecular formula is C11H11BrN2O5. The zero-order chi connectivity index (χ0) is 14.6.